The van der Waals surface area contributed by atoms with Gasteiger partial charge in [0, 0.05) is 5.56 Å². The van der Waals surface area contributed by atoms with Crippen molar-refractivity contribution in [3.05, 3.63) is 69.6 Å². The van der Waals surface area contributed by atoms with Crippen molar-refractivity contribution in [3.63, 3.8) is 0 Å². The molecule has 122 valence electrons. The van der Waals surface area contributed by atoms with Gasteiger partial charge in [-0.05, 0) is 42.8 Å². The van der Waals surface area contributed by atoms with E-state index in [1.54, 1.807) is 36.4 Å². The third-order valence-corrected chi connectivity index (χ3v) is 4.15. The number of aromatic nitrogens is 2. The average molecular weight is 364 g/mol. The molecule has 24 heavy (non-hydrogen) atoms. The minimum atomic E-state index is -0.502. The second-order valence-corrected chi connectivity index (χ2v) is 6.05. The summed E-state index contributed by atoms with van der Waals surface area (Å²) in [5.41, 5.74) is 2.40. The smallest absolute Gasteiger partial charge is 0.273 e. The Bertz CT molecular complexity index is 924. The highest BCUT2D eigenvalue weighted by molar-refractivity contribution is 6.42. The summed E-state index contributed by atoms with van der Waals surface area (Å²) in [7, 11) is 0. The van der Waals surface area contributed by atoms with Crippen molar-refractivity contribution in [2.24, 2.45) is 0 Å². The Morgan fingerprint density at radius 2 is 1.92 bits per heavy atom. The van der Waals surface area contributed by atoms with Gasteiger partial charge >= 0.3 is 0 Å². The van der Waals surface area contributed by atoms with Gasteiger partial charge in [0.15, 0.2) is 0 Å². The second-order valence-electron chi connectivity index (χ2n) is 5.23. The van der Waals surface area contributed by atoms with Crippen molar-refractivity contribution in [1.29, 1.82) is 0 Å². The molecule has 1 aromatic heterocycles. The topological polar surface area (TPSA) is 57.8 Å². The molecule has 2 N–H and O–H groups in total. The van der Waals surface area contributed by atoms with Gasteiger partial charge in [-0.3, -0.25) is 9.89 Å². The van der Waals surface area contributed by atoms with Gasteiger partial charge < -0.3 is 5.32 Å². The van der Waals surface area contributed by atoms with Crippen LogP contribution in [0.25, 0.3) is 11.3 Å². The number of anilines is 1. The van der Waals surface area contributed by atoms with E-state index in [1.807, 2.05) is 6.92 Å². The summed E-state index contributed by atoms with van der Waals surface area (Å²) >= 11 is 11.9. The molecule has 0 atom stereocenters. The Labute approximate surface area is 147 Å². The molecular formula is C17H12Cl2FN3O. The zero-order chi connectivity index (χ0) is 17.3. The van der Waals surface area contributed by atoms with Crippen LogP contribution in [0.1, 0.15) is 16.1 Å². The van der Waals surface area contributed by atoms with Crippen LogP contribution < -0.4 is 5.32 Å². The molecule has 0 aliphatic rings. The quantitative estimate of drug-likeness (QED) is 0.681. The van der Waals surface area contributed by atoms with Crippen LogP contribution in [0, 0.1) is 12.7 Å². The normalized spacial score (nSPS) is 10.7. The number of nitrogens with zero attached hydrogens (tertiary/aromatic N) is 1. The molecule has 1 amide bonds. The number of hydrogen-bond donors (Lipinski definition) is 2. The number of halogens is 3. The number of carbonyl (C=O) groups is 1. The van der Waals surface area contributed by atoms with Crippen LogP contribution in [0.15, 0.2) is 42.5 Å². The first-order valence-electron chi connectivity index (χ1n) is 7.02. The predicted molar refractivity (Wildman–Crippen MR) is 93.1 cm³/mol. The molecule has 0 unspecified atom stereocenters. The van der Waals surface area contributed by atoms with Gasteiger partial charge in [-0.2, -0.15) is 5.10 Å². The van der Waals surface area contributed by atoms with Gasteiger partial charge in [0.25, 0.3) is 5.91 Å². The van der Waals surface area contributed by atoms with Gasteiger partial charge in [-0.1, -0.05) is 35.3 Å². The number of nitrogens with one attached hydrogen (secondary N) is 2. The largest absolute Gasteiger partial charge is 0.318 e. The van der Waals surface area contributed by atoms with E-state index in [9.17, 15) is 9.18 Å². The number of H-pyrrole nitrogens is 1. The van der Waals surface area contributed by atoms with E-state index in [1.165, 1.54) is 6.07 Å². The number of aromatic amines is 1. The van der Waals surface area contributed by atoms with Gasteiger partial charge in [0.2, 0.25) is 0 Å². The first-order valence-corrected chi connectivity index (χ1v) is 7.78. The Balaban J connectivity index is 1.83. The number of hydrogen-bond acceptors (Lipinski definition) is 2. The molecule has 4 nitrogen and oxygen atoms in total. The van der Waals surface area contributed by atoms with Crippen LogP contribution in [0.3, 0.4) is 0 Å². The van der Waals surface area contributed by atoms with Crippen LogP contribution in [-0.4, -0.2) is 16.1 Å². The highest BCUT2D eigenvalue weighted by atomic mass is 35.5. The van der Waals surface area contributed by atoms with E-state index in [2.05, 4.69) is 15.5 Å². The number of benzene rings is 2. The van der Waals surface area contributed by atoms with E-state index < -0.39 is 11.7 Å². The maximum Gasteiger partial charge on any atom is 0.273 e. The molecule has 0 aliphatic carbocycles. The van der Waals surface area contributed by atoms with Crippen LogP contribution in [0.4, 0.5) is 10.1 Å². The van der Waals surface area contributed by atoms with E-state index in [0.717, 1.165) is 5.56 Å². The molecule has 0 bridgehead atoms. The Hall–Kier alpha value is -2.37. The van der Waals surface area contributed by atoms with Gasteiger partial charge in [-0.15, -0.1) is 0 Å². The molecule has 7 heteroatoms. The fourth-order valence-electron chi connectivity index (χ4n) is 2.17. The Morgan fingerprint density at radius 3 is 2.67 bits per heavy atom. The van der Waals surface area contributed by atoms with E-state index >= 15 is 0 Å². The number of rotatable bonds is 3. The van der Waals surface area contributed by atoms with E-state index in [0.29, 0.717) is 21.3 Å². The highest BCUT2D eigenvalue weighted by Gasteiger charge is 2.14. The molecule has 0 saturated heterocycles. The van der Waals surface area contributed by atoms with Crippen molar-refractivity contribution in [3.8, 4) is 11.3 Å². The van der Waals surface area contributed by atoms with E-state index in [4.69, 9.17) is 23.2 Å². The Kier molecular flexibility index (Phi) is 4.55. The predicted octanol–water partition coefficient (Wildman–Crippen LogP) is 5.08. The van der Waals surface area contributed by atoms with Crippen molar-refractivity contribution >= 4 is 34.8 Å². The van der Waals surface area contributed by atoms with Gasteiger partial charge in [0.05, 0.1) is 21.4 Å². The fourth-order valence-corrected chi connectivity index (χ4v) is 2.46. The minimum absolute atomic E-state index is 0.116. The monoisotopic (exact) mass is 363 g/mol. The molecule has 0 aliphatic heterocycles. The number of amides is 1. The molecule has 0 radical (unpaired) electrons. The van der Waals surface area contributed by atoms with Gasteiger partial charge in [-0.25, -0.2) is 4.39 Å². The molecule has 3 rings (SSSR count). The van der Waals surface area contributed by atoms with Gasteiger partial charge in [0.1, 0.15) is 11.5 Å². The fraction of sp³-hybridized carbons (Fsp3) is 0.0588. The average Bonchev–Trinajstić information content (AvgIpc) is 3.03. The van der Waals surface area contributed by atoms with Crippen LogP contribution in [0.5, 0.6) is 0 Å². The van der Waals surface area contributed by atoms with Crippen LogP contribution in [-0.2, 0) is 0 Å². The number of carbonyl (C=O) groups excluding carboxylic acids is 1. The molecular weight excluding hydrogens is 352 g/mol. The molecule has 1 heterocycles. The van der Waals surface area contributed by atoms with Crippen molar-refractivity contribution in [2.75, 3.05) is 5.32 Å². The lowest BCUT2D eigenvalue weighted by Crippen LogP contribution is -2.13. The summed E-state index contributed by atoms with van der Waals surface area (Å²) in [6.45, 7) is 1.81. The summed E-state index contributed by atoms with van der Waals surface area (Å²) in [6.07, 6.45) is 0. The van der Waals surface area contributed by atoms with Crippen LogP contribution in [0.2, 0.25) is 10.0 Å². The summed E-state index contributed by atoms with van der Waals surface area (Å²) in [5.74, 6) is -0.989. The van der Waals surface area contributed by atoms with E-state index in [-0.39, 0.29) is 11.4 Å². The zero-order valence-corrected chi connectivity index (χ0v) is 14.0. The maximum atomic E-state index is 13.7. The van der Waals surface area contributed by atoms with Crippen molar-refractivity contribution < 1.29 is 9.18 Å². The first-order chi connectivity index (χ1) is 11.4. The maximum absolute atomic E-state index is 13.7. The third kappa shape index (κ3) is 3.42. The standard InChI is InChI=1S/C17H12Cl2FN3O/c1-9-2-5-13(20)15(6-9)21-17(24)16-8-14(22-23-16)10-3-4-11(18)12(19)7-10/h2-8H,1H3,(H,21,24)(H,22,23). The number of aryl methyl sites for hydroxylation is 1. The summed E-state index contributed by atoms with van der Waals surface area (Å²) < 4.78 is 13.7. The molecule has 0 fully saturated rings. The summed E-state index contributed by atoms with van der Waals surface area (Å²) in [6, 6.07) is 11.1. The molecule has 2 aromatic carbocycles. The lowest BCUT2D eigenvalue weighted by Gasteiger charge is -2.05. The summed E-state index contributed by atoms with van der Waals surface area (Å²) in [5, 5.41) is 10.1. The molecule has 3 aromatic rings. The molecule has 0 saturated carbocycles. The second kappa shape index (κ2) is 6.63. The summed E-state index contributed by atoms with van der Waals surface area (Å²) in [4.78, 5) is 12.2. The minimum Gasteiger partial charge on any atom is -0.318 e. The Morgan fingerprint density at radius 1 is 1.12 bits per heavy atom. The first kappa shape index (κ1) is 16.5. The third-order valence-electron chi connectivity index (χ3n) is 3.41. The van der Waals surface area contributed by atoms with Crippen LogP contribution >= 0.6 is 23.2 Å². The molecule has 0 spiro atoms. The highest BCUT2D eigenvalue weighted by Crippen LogP contribution is 2.28. The zero-order valence-electron chi connectivity index (χ0n) is 12.5. The SMILES string of the molecule is Cc1ccc(F)c(NC(=O)c2cc(-c3ccc(Cl)c(Cl)c3)n[nH]2)c1. The van der Waals surface area contributed by atoms with Crippen molar-refractivity contribution in [1.82, 2.24) is 10.2 Å². The lowest BCUT2D eigenvalue weighted by molar-refractivity contribution is 0.102. The lowest BCUT2D eigenvalue weighted by atomic mass is 10.1. The van der Waals surface area contributed by atoms with Crippen molar-refractivity contribution in [2.45, 2.75) is 6.92 Å².